The first-order valence-electron chi connectivity index (χ1n) is 8.49. The van der Waals surface area contributed by atoms with E-state index in [1.165, 1.54) is 5.38 Å². The van der Waals surface area contributed by atoms with Gasteiger partial charge in [-0.15, -0.1) is 11.3 Å². The number of aromatic nitrogens is 1. The minimum Gasteiger partial charge on any atom is -0.731 e. The number of carbonyl (C=O) groups is 5. The number of nitrogens with one attached hydrogen (secondary N) is 2. The summed E-state index contributed by atoms with van der Waals surface area (Å²) in [5.74, 6) is -5.20. The summed E-state index contributed by atoms with van der Waals surface area (Å²) in [6, 6.07) is -3.27. The van der Waals surface area contributed by atoms with Crippen molar-refractivity contribution in [2.24, 2.45) is 5.16 Å². The Hall–Kier alpha value is -0.567. The SMILES string of the molecule is Nc1nc(/C(=N/OCC(=O)[O-])C(=O)NC2C(=O)N(S(=O)(=O)[O-])C2COC(=O)CNC=O)cs1.[K+].[K+]. The van der Waals surface area contributed by atoms with Crippen LogP contribution in [0.3, 0.4) is 0 Å². The van der Waals surface area contributed by atoms with Crippen LogP contribution in [0.4, 0.5) is 5.13 Å². The standard InChI is InChI=1S/C14H16N6O11S2.2K/c15-14-17-6(4-32-14)10(19-31-3-8(22)23)12(25)18-11-7(2-30-9(24)1-16-5-21)20(13(11)26)33(27,28)29;;/h4-5,7,11H,1-3H2,(H2,15,17)(H,16,21)(H,18,25)(H,22,23)(H,27,28,29);;/q;2*+1/p-2/b19-10-;;. The summed E-state index contributed by atoms with van der Waals surface area (Å²) in [6.07, 6.45) is 0.195. The zero-order valence-corrected chi connectivity index (χ0v) is 26.0. The summed E-state index contributed by atoms with van der Waals surface area (Å²) < 4.78 is 38.6. The summed E-state index contributed by atoms with van der Waals surface area (Å²) in [4.78, 5) is 65.3. The van der Waals surface area contributed by atoms with Crippen molar-refractivity contribution in [2.45, 2.75) is 12.1 Å². The number of nitrogen functional groups attached to an aromatic ring is 1. The van der Waals surface area contributed by atoms with Gasteiger partial charge in [0.25, 0.3) is 11.8 Å². The van der Waals surface area contributed by atoms with Crippen molar-refractivity contribution < 1.29 is 154 Å². The average molecular weight is 585 g/mol. The molecule has 1 saturated heterocycles. The number of thiazole rings is 1. The molecular formula is C14H14K2N6O11S2. The van der Waals surface area contributed by atoms with Crippen molar-refractivity contribution in [3.63, 3.8) is 0 Å². The minimum absolute atomic E-state index is 0. The van der Waals surface area contributed by atoms with Gasteiger partial charge >= 0.3 is 109 Å². The Balaban J connectivity index is 0.00000578. The third-order valence-electron chi connectivity index (χ3n) is 3.76. The van der Waals surface area contributed by atoms with Crippen molar-refractivity contribution in [1.29, 1.82) is 0 Å². The van der Waals surface area contributed by atoms with E-state index >= 15 is 0 Å². The molecule has 2 heterocycles. The van der Waals surface area contributed by atoms with E-state index in [0.717, 1.165) is 11.3 Å². The molecule has 17 nitrogen and oxygen atoms in total. The minimum atomic E-state index is -5.33. The van der Waals surface area contributed by atoms with Gasteiger partial charge in [0.15, 0.2) is 27.8 Å². The monoisotopic (exact) mass is 584 g/mol. The molecule has 3 amide bonds. The number of carbonyl (C=O) groups excluding carboxylic acids is 5. The average Bonchev–Trinajstić information content (AvgIpc) is 3.14. The summed E-state index contributed by atoms with van der Waals surface area (Å²) in [6.45, 7) is -2.44. The molecule has 0 aliphatic carbocycles. The normalized spacial score (nSPS) is 17.1. The number of carboxylic acids is 1. The topological polar surface area (TPSA) is 263 Å². The Morgan fingerprint density at radius 2 is 2.00 bits per heavy atom. The molecule has 1 aromatic rings. The van der Waals surface area contributed by atoms with Gasteiger partial charge in [0.2, 0.25) is 6.41 Å². The Bertz CT molecular complexity index is 1100. The second-order valence-corrected chi connectivity index (χ2v) is 8.09. The number of β-lactam (4-membered cyclic amide) rings is 1. The molecule has 0 radical (unpaired) electrons. The number of anilines is 1. The number of hydrogen-bond donors (Lipinski definition) is 3. The Kier molecular flexibility index (Phi) is 15.4. The van der Waals surface area contributed by atoms with Gasteiger partial charge in [-0.2, -0.15) is 0 Å². The molecule has 0 saturated carbocycles. The summed E-state index contributed by atoms with van der Waals surface area (Å²) >= 11 is 0.889. The fraction of sp³-hybridized carbons (Fsp3) is 0.357. The number of nitrogens with zero attached hydrogens (tertiary/aromatic N) is 3. The third-order valence-corrected chi connectivity index (χ3v) is 5.37. The first-order valence-corrected chi connectivity index (χ1v) is 10.7. The summed E-state index contributed by atoms with van der Waals surface area (Å²) in [5, 5.41) is 19.1. The van der Waals surface area contributed by atoms with Crippen LogP contribution in [0, 0.1) is 0 Å². The second kappa shape index (κ2) is 15.6. The van der Waals surface area contributed by atoms with Gasteiger partial charge in [-0.25, -0.2) is 17.7 Å². The van der Waals surface area contributed by atoms with Crippen LogP contribution in [0.5, 0.6) is 0 Å². The first kappa shape index (κ1) is 34.4. The zero-order chi connectivity index (χ0) is 24.8. The van der Waals surface area contributed by atoms with Gasteiger partial charge in [-0.3, -0.25) is 19.2 Å². The van der Waals surface area contributed by atoms with Crippen LogP contribution in [-0.2, 0) is 43.9 Å². The van der Waals surface area contributed by atoms with Crippen molar-refractivity contribution in [1.82, 2.24) is 19.9 Å². The predicted molar refractivity (Wildman–Crippen MR) is 101 cm³/mol. The molecule has 1 fully saturated rings. The fourth-order valence-electron chi connectivity index (χ4n) is 2.43. The number of hydrogen-bond acceptors (Lipinski definition) is 15. The van der Waals surface area contributed by atoms with Crippen molar-refractivity contribution >= 4 is 62.6 Å². The molecule has 0 bridgehead atoms. The molecule has 21 heteroatoms. The van der Waals surface area contributed by atoms with Crippen LogP contribution >= 0.6 is 11.3 Å². The van der Waals surface area contributed by atoms with Gasteiger partial charge in [-0.05, 0) is 0 Å². The van der Waals surface area contributed by atoms with E-state index in [-0.39, 0.29) is 124 Å². The molecule has 2 unspecified atom stereocenters. The fourth-order valence-corrected chi connectivity index (χ4v) is 3.83. The Morgan fingerprint density at radius 1 is 1.34 bits per heavy atom. The van der Waals surface area contributed by atoms with Crippen LogP contribution in [0.25, 0.3) is 0 Å². The smallest absolute Gasteiger partial charge is 0.731 e. The largest absolute Gasteiger partial charge is 1.00 e. The van der Waals surface area contributed by atoms with Gasteiger partial charge in [0, 0.05) is 5.38 Å². The third kappa shape index (κ3) is 10.0. The number of rotatable bonds is 12. The number of esters is 1. The molecule has 0 aromatic carbocycles. The van der Waals surface area contributed by atoms with Crippen LogP contribution in [0.15, 0.2) is 10.5 Å². The molecule has 1 aromatic heterocycles. The van der Waals surface area contributed by atoms with E-state index in [4.69, 9.17) is 10.5 Å². The molecular weight excluding hydrogens is 571 g/mol. The van der Waals surface area contributed by atoms with E-state index in [1.807, 2.05) is 5.32 Å². The molecule has 35 heavy (non-hydrogen) atoms. The first-order chi connectivity index (χ1) is 15.5. The van der Waals surface area contributed by atoms with E-state index in [2.05, 4.69) is 20.3 Å². The Morgan fingerprint density at radius 3 is 2.51 bits per heavy atom. The molecule has 2 rings (SSSR count). The van der Waals surface area contributed by atoms with E-state index in [0.29, 0.717) is 0 Å². The summed E-state index contributed by atoms with van der Waals surface area (Å²) in [5.41, 5.74) is 4.68. The predicted octanol–water partition coefficient (Wildman–Crippen LogP) is -11.4. The van der Waals surface area contributed by atoms with E-state index < -0.39 is 71.6 Å². The summed E-state index contributed by atoms with van der Waals surface area (Å²) in [7, 11) is -5.33. The van der Waals surface area contributed by atoms with Gasteiger partial charge in [-0.1, -0.05) is 5.16 Å². The van der Waals surface area contributed by atoms with Crippen LogP contribution in [-0.4, -0.2) is 90.0 Å². The van der Waals surface area contributed by atoms with Crippen molar-refractivity contribution in [2.75, 3.05) is 25.5 Å². The molecule has 4 N–H and O–H groups in total. The van der Waals surface area contributed by atoms with Crippen LogP contribution < -0.4 is 124 Å². The molecule has 2 atom stereocenters. The second-order valence-electron chi connectivity index (χ2n) is 5.95. The number of ether oxygens (including phenoxy) is 1. The molecule has 0 spiro atoms. The number of carboxylic acid groups (broad SMARTS) is 1. The van der Waals surface area contributed by atoms with Crippen molar-refractivity contribution in [3.05, 3.63) is 11.1 Å². The maximum absolute atomic E-state index is 12.6. The molecule has 1 aliphatic rings. The van der Waals surface area contributed by atoms with Crippen LogP contribution in [0.1, 0.15) is 5.69 Å². The maximum Gasteiger partial charge on any atom is 1.00 e. The Labute approximate surface area is 286 Å². The quantitative estimate of drug-likeness (QED) is 0.0392. The molecule has 180 valence electrons. The number of nitrogens with two attached hydrogens (primary N) is 1. The van der Waals surface area contributed by atoms with Gasteiger partial charge in [0.05, 0.1) is 5.97 Å². The number of amides is 3. The van der Waals surface area contributed by atoms with E-state index in [1.54, 1.807) is 0 Å². The van der Waals surface area contributed by atoms with Crippen molar-refractivity contribution in [3.8, 4) is 0 Å². The maximum atomic E-state index is 12.6. The number of oxime groups is 1. The molecule has 1 aliphatic heterocycles. The van der Waals surface area contributed by atoms with E-state index in [9.17, 15) is 42.0 Å². The number of aliphatic carboxylic acids is 1. The van der Waals surface area contributed by atoms with Gasteiger partial charge in [0.1, 0.15) is 30.9 Å². The van der Waals surface area contributed by atoms with Gasteiger partial charge < -0.3 is 40.4 Å². The zero-order valence-electron chi connectivity index (χ0n) is 18.2. The van der Waals surface area contributed by atoms with Crippen LogP contribution in [0.2, 0.25) is 0 Å².